The molecule has 0 aromatic carbocycles. The van der Waals surface area contributed by atoms with E-state index in [1.165, 1.54) is 12.8 Å². The molecule has 0 aliphatic carbocycles. The van der Waals surface area contributed by atoms with E-state index in [0.29, 0.717) is 18.4 Å². The van der Waals surface area contributed by atoms with E-state index in [-0.39, 0.29) is 11.8 Å². The molecular weight excluding hydrogens is 278 g/mol. The van der Waals surface area contributed by atoms with Gasteiger partial charge in [0.05, 0.1) is 0 Å². The molecule has 1 N–H and O–H groups in total. The summed E-state index contributed by atoms with van der Waals surface area (Å²) in [5.41, 5.74) is 0. The SMILES string of the molecule is CCC1CCCN(C(=O)C(=O)N(C)CC2CCCNC2)CC1. The van der Waals surface area contributed by atoms with Crippen molar-refractivity contribution < 1.29 is 9.59 Å². The zero-order valence-electron chi connectivity index (χ0n) is 14.1. The number of carbonyl (C=O) groups excluding carboxylic acids is 2. The molecule has 2 fully saturated rings. The summed E-state index contributed by atoms with van der Waals surface area (Å²) in [4.78, 5) is 28.2. The number of piperidine rings is 1. The van der Waals surface area contributed by atoms with E-state index >= 15 is 0 Å². The maximum atomic E-state index is 12.4. The molecule has 5 nitrogen and oxygen atoms in total. The molecule has 2 aliphatic rings. The van der Waals surface area contributed by atoms with E-state index in [4.69, 9.17) is 0 Å². The highest BCUT2D eigenvalue weighted by Gasteiger charge is 2.28. The second-order valence-electron chi connectivity index (χ2n) is 6.90. The Morgan fingerprint density at radius 3 is 2.59 bits per heavy atom. The number of nitrogens with one attached hydrogen (secondary N) is 1. The molecule has 2 amide bonds. The van der Waals surface area contributed by atoms with Gasteiger partial charge in [-0.15, -0.1) is 0 Å². The van der Waals surface area contributed by atoms with Crippen LogP contribution in [0.2, 0.25) is 0 Å². The highest BCUT2D eigenvalue weighted by atomic mass is 16.2. The van der Waals surface area contributed by atoms with Gasteiger partial charge in [-0.3, -0.25) is 9.59 Å². The van der Waals surface area contributed by atoms with Crippen molar-refractivity contribution in [2.45, 2.75) is 45.4 Å². The Morgan fingerprint density at radius 1 is 1.14 bits per heavy atom. The molecule has 2 heterocycles. The third-order valence-electron chi connectivity index (χ3n) is 5.17. The molecule has 2 aliphatic heterocycles. The molecule has 0 spiro atoms. The number of carbonyl (C=O) groups is 2. The van der Waals surface area contributed by atoms with Crippen molar-refractivity contribution in [3.8, 4) is 0 Å². The van der Waals surface area contributed by atoms with Crippen molar-refractivity contribution in [1.29, 1.82) is 0 Å². The maximum Gasteiger partial charge on any atom is 0.312 e. The Morgan fingerprint density at radius 2 is 1.91 bits per heavy atom. The van der Waals surface area contributed by atoms with Crippen LogP contribution in [-0.2, 0) is 9.59 Å². The third-order valence-corrected chi connectivity index (χ3v) is 5.17. The monoisotopic (exact) mass is 309 g/mol. The zero-order chi connectivity index (χ0) is 15.9. The van der Waals surface area contributed by atoms with Crippen molar-refractivity contribution in [3.63, 3.8) is 0 Å². The average Bonchev–Trinajstić information content (AvgIpc) is 2.79. The molecule has 126 valence electrons. The van der Waals surface area contributed by atoms with E-state index in [1.54, 1.807) is 16.8 Å². The molecule has 0 aromatic rings. The van der Waals surface area contributed by atoms with Gasteiger partial charge >= 0.3 is 11.8 Å². The van der Waals surface area contributed by atoms with Gasteiger partial charge in [0.25, 0.3) is 0 Å². The van der Waals surface area contributed by atoms with Gasteiger partial charge in [0.2, 0.25) is 0 Å². The lowest BCUT2D eigenvalue weighted by Crippen LogP contribution is -2.47. The fraction of sp³-hybridized carbons (Fsp3) is 0.882. The number of hydrogen-bond acceptors (Lipinski definition) is 3. The van der Waals surface area contributed by atoms with Gasteiger partial charge in [0.15, 0.2) is 0 Å². The van der Waals surface area contributed by atoms with Crippen LogP contribution in [0.5, 0.6) is 0 Å². The topological polar surface area (TPSA) is 52.7 Å². The first-order valence-corrected chi connectivity index (χ1v) is 8.87. The first-order valence-electron chi connectivity index (χ1n) is 8.87. The van der Waals surface area contributed by atoms with Crippen molar-refractivity contribution in [3.05, 3.63) is 0 Å². The van der Waals surface area contributed by atoms with Crippen LogP contribution in [0, 0.1) is 11.8 Å². The van der Waals surface area contributed by atoms with Gasteiger partial charge in [-0.25, -0.2) is 0 Å². The van der Waals surface area contributed by atoms with E-state index < -0.39 is 0 Å². The molecule has 2 unspecified atom stereocenters. The summed E-state index contributed by atoms with van der Waals surface area (Å²) in [7, 11) is 1.77. The fourth-order valence-electron chi connectivity index (χ4n) is 3.63. The van der Waals surface area contributed by atoms with E-state index in [1.807, 2.05) is 0 Å². The van der Waals surface area contributed by atoms with Gasteiger partial charge < -0.3 is 15.1 Å². The van der Waals surface area contributed by atoms with Crippen LogP contribution in [0.4, 0.5) is 0 Å². The van der Waals surface area contributed by atoms with Crippen molar-refractivity contribution >= 4 is 11.8 Å². The second-order valence-corrected chi connectivity index (χ2v) is 6.90. The summed E-state index contributed by atoms with van der Waals surface area (Å²) < 4.78 is 0. The average molecular weight is 309 g/mol. The lowest BCUT2D eigenvalue weighted by atomic mass is 9.98. The van der Waals surface area contributed by atoms with Crippen molar-refractivity contribution in [2.75, 3.05) is 39.8 Å². The predicted molar refractivity (Wildman–Crippen MR) is 87.4 cm³/mol. The Balaban J connectivity index is 1.83. The molecule has 0 radical (unpaired) electrons. The minimum absolute atomic E-state index is 0.303. The summed E-state index contributed by atoms with van der Waals surface area (Å²) >= 11 is 0. The standard InChI is InChI=1S/C17H31N3O2/c1-3-14-7-5-10-20(11-8-14)17(22)16(21)19(2)13-15-6-4-9-18-12-15/h14-15,18H,3-13H2,1-2H3. The first-order chi connectivity index (χ1) is 10.6. The molecule has 0 saturated carbocycles. The van der Waals surface area contributed by atoms with Crippen molar-refractivity contribution in [2.24, 2.45) is 11.8 Å². The summed E-state index contributed by atoms with van der Waals surface area (Å²) in [6.07, 6.45) is 6.70. The second kappa shape index (κ2) is 8.51. The van der Waals surface area contributed by atoms with Crippen molar-refractivity contribution in [1.82, 2.24) is 15.1 Å². The Kier molecular flexibility index (Phi) is 6.68. The summed E-state index contributed by atoms with van der Waals surface area (Å²) in [6, 6.07) is 0. The molecule has 0 aromatic heterocycles. The number of amides is 2. The molecular formula is C17H31N3O2. The maximum absolute atomic E-state index is 12.4. The molecule has 22 heavy (non-hydrogen) atoms. The van der Waals surface area contributed by atoms with Gasteiger partial charge in [-0.2, -0.15) is 0 Å². The summed E-state index contributed by atoms with van der Waals surface area (Å²) in [5.74, 6) is 0.548. The highest BCUT2D eigenvalue weighted by Crippen LogP contribution is 2.20. The third kappa shape index (κ3) is 4.70. The van der Waals surface area contributed by atoms with E-state index in [2.05, 4.69) is 12.2 Å². The minimum Gasteiger partial charge on any atom is -0.337 e. The Labute approximate surface area is 134 Å². The lowest BCUT2D eigenvalue weighted by Gasteiger charge is -2.29. The Bertz CT molecular complexity index is 380. The molecule has 2 atom stereocenters. The summed E-state index contributed by atoms with van der Waals surface area (Å²) in [6.45, 7) is 6.39. The van der Waals surface area contributed by atoms with Gasteiger partial charge in [-0.05, 0) is 57.0 Å². The number of likely N-dealkylation sites (tertiary alicyclic amines) is 1. The van der Waals surface area contributed by atoms with E-state index in [0.717, 1.165) is 51.9 Å². The van der Waals surface area contributed by atoms with Gasteiger partial charge in [0.1, 0.15) is 0 Å². The van der Waals surface area contributed by atoms with Crippen LogP contribution in [0.1, 0.15) is 45.4 Å². The number of hydrogen-bond donors (Lipinski definition) is 1. The summed E-state index contributed by atoms with van der Waals surface area (Å²) in [5, 5.41) is 3.36. The molecule has 5 heteroatoms. The smallest absolute Gasteiger partial charge is 0.312 e. The van der Waals surface area contributed by atoms with Crippen LogP contribution in [0.25, 0.3) is 0 Å². The Hall–Kier alpha value is -1.10. The lowest BCUT2D eigenvalue weighted by molar-refractivity contribution is -0.151. The van der Waals surface area contributed by atoms with Crippen LogP contribution in [0.15, 0.2) is 0 Å². The highest BCUT2D eigenvalue weighted by molar-refractivity contribution is 6.34. The fourth-order valence-corrected chi connectivity index (χ4v) is 3.63. The quantitative estimate of drug-likeness (QED) is 0.804. The largest absolute Gasteiger partial charge is 0.337 e. The molecule has 0 bridgehead atoms. The minimum atomic E-state index is -0.333. The predicted octanol–water partition coefficient (Wildman–Crippen LogP) is 1.48. The van der Waals surface area contributed by atoms with Gasteiger partial charge in [-0.1, -0.05) is 13.3 Å². The first kappa shape index (κ1) is 17.3. The van der Waals surface area contributed by atoms with Gasteiger partial charge in [0, 0.05) is 26.7 Å². The molecule has 2 saturated heterocycles. The molecule has 2 rings (SSSR count). The zero-order valence-corrected chi connectivity index (χ0v) is 14.1. The van der Waals surface area contributed by atoms with Crippen LogP contribution in [0.3, 0.4) is 0 Å². The van der Waals surface area contributed by atoms with Crippen LogP contribution < -0.4 is 5.32 Å². The number of nitrogens with zero attached hydrogens (tertiary/aromatic N) is 2. The van der Waals surface area contributed by atoms with E-state index in [9.17, 15) is 9.59 Å². The number of likely N-dealkylation sites (N-methyl/N-ethyl adjacent to an activating group) is 1. The van der Waals surface area contributed by atoms with Crippen LogP contribution in [-0.4, -0.2) is 61.4 Å². The normalized spacial score (nSPS) is 26.4. The van der Waals surface area contributed by atoms with Crippen LogP contribution >= 0.6 is 0 Å². The number of rotatable bonds is 3.